The van der Waals surface area contributed by atoms with Crippen LogP contribution in [0.3, 0.4) is 0 Å². The molecule has 248 valence electrons. The van der Waals surface area contributed by atoms with Crippen molar-refractivity contribution in [2.24, 2.45) is 0 Å². The van der Waals surface area contributed by atoms with Crippen LogP contribution in [-0.2, 0) is 25.4 Å². The van der Waals surface area contributed by atoms with E-state index in [-0.39, 0.29) is 34.4 Å². The molecule has 3 aliphatic rings. The van der Waals surface area contributed by atoms with Crippen LogP contribution in [0.15, 0.2) is 18.2 Å². The van der Waals surface area contributed by atoms with Crippen LogP contribution < -0.4 is 10.1 Å². The van der Waals surface area contributed by atoms with Gasteiger partial charge in [-0.15, -0.1) is 0 Å². The van der Waals surface area contributed by atoms with E-state index in [9.17, 15) is 44.7 Å². The molecular weight excluding hydrogens is 606 g/mol. The number of fused-ring (bicyclic) bond motifs is 3. The Morgan fingerprint density at radius 2 is 1.76 bits per heavy atom. The number of aliphatic hydroxyl groups excluding tert-OH is 2. The van der Waals surface area contributed by atoms with Gasteiger partial charge in [-0.25, -0.2) is 4.79 Å². The summed E-state index contributed by atoms with van der Waals surface area (Å²) < 4.78 is 22.6. The van der Waals surface area contributed by atoms with Gasteiger partial charge in [0, 0.05) is 36.0 Å². The van der Waals surface area contributed by atoms with Crippen LogP contribution in [0.2, 0.25) is 0 Å². The van der Waals surface area contributed by atoms with Gasteiger partial charge in [0.15, 0.2) is 17.9 Å². The van der Waals surface area contributed by atoms with Gasteiger partial charge in [0.1, 0.15) is 41.2 Å². The lowest BCUT2D eigenvalue weighted by Gasteiger charge is -2.42. The highest BCUT2D eigenvalue weighted by Crippen LogP contribution is 2.52. The minimum absolute atomic E-state index is 0.0699. The summed E-state index contributed by atoms with van der Waals surface area (Å²) in [6.07, 6.45) is -6.87. The SMILES string of the molecule is COc1cccc2c1C(=O)c1c(O)c3c(c(O)c1C2=O)C[C@@](O)(C(=O)CO)C[C@@H]3O[C@H]1C[C@H](NC(=O)OC(C)(C)C)[C@H](O)[C@H](C)O1. The second-order valence-electron chi connectivity index (χ2n) is 12.7. The predicted octanol–water partition coefficient (Wildman–Crippen LogP) is 1.57. The number of amides is 1. The maximum atomic E-state index is 13.8. The monoisotopic (exact) mass is 643 g/mol. The van der Waals surface area contributed by atoms with E-state index in [1.54, 1.807) is 20.8 Å². The first-order valence-electron chi connectivity index (χ1n) is 14.7. The zero-order valence-electron chi connectivity index (χ0n) is 25.9. The molecule has 0 radical (unpaired) electrons. The molecule has 6 atom stereocenters. The van der Waals surface area contributed by atoms with E-state index < -0.39 is 107 Å². The van der Waals surface area contributed by atoms with Gasteiger partial charge in [0.25, 0.3) is 0 Å². The number of ether oxygens (including phenoxy) is 4. The van der Waals surface area contributed by atoms with Crippen LogP contribution in [0.4, 0.5) is 4.79 Å². The van der Waals surface area contributed by atoms with Crippen molar-refractivity contribution in [3.63, 3.8) is 0 Å². The molecule has 1 amide bonds. The molecule has 5 rings (SSSR count). The topological polar surface area (TPSA) is 218 Å². The molecule has 0 aromatic heterocycles. The summed E-state index contributed by atoms with van der Waals surface area (Å²) in [5.74, 6) is -4.01. The lowest BCUT2D eigenvalue weighted by atomic mass is 9.72. The third-order valence-corrected chi connectivity index (χ3v) is 8.46. The fraction of sp³-hybridized carbons (Fsp3) is 0.500. The number of phenols is 2. The molecule has 0 saturated carbocycles. The Morgan fingerprint density at radius 3 is 2.39 bits per heavy atom. The van der Waals surface area contributed by atoms with E-state index in [1.165, 1.54) is 32.2 Å². The Labute approximate surface area is 263 Å². The first-order chi connectivity index (χ1) is 21.5. The van der Waals surface area contributed by atoms with E-state index in [0.717, 1.165) is 0 Å². The van der Waals surface area contributed by atoms with Crippen molar-refractivity contribution in [1.29, 1.82) is 0 Å². The number of methoxy groups -OCH3 is 1. The van der Waals surface area contributed by atoms with E-state index >= 15 is 0 Å². The lowest BCUT2D eigenvalue weighted by molar-refractivity contribution is -0.249. The van der Waals surface area contributed by atoms with Crippen molar-refractivity contribution in [3.05, 3.63) is 51.6 Å². The molecule has 0 unspecified atom stereocenters. The summed E-state index contributed by atoms with van der Waals surface area (Å²) in [7, 11) is 1.31. The quantitative estimate of drug-likeness (QED) is 0.210. The highest BCUT2D eigenvalue weighted by Gasteiger charge is 2.50. The number of ketones is 3. The smallest absolute Gasteiger partial charge is 0.407 e. The number of carbonyl (C=O) groups is 4. The van der Waals surface area contributed by atoms with Crippen molar-refractivity contribution in [2.75, 3.05) is 13.7 Å². The summed E-state index contributed by atoms with van der Waals surface area (Å²) >= 11 is 0. The lowest BCUT2D eigenvalue weighted by Crippen LogP contribution is -2.56. The van der Waals surface area contributed by atoms with Crippen molar-refractivity contribution in [2.45, 2.75) is 88.8 Å². The number of aromatic hydroxyl groups is 2. The molecule has 14 nitrogen and oxygen atoms in total. The highest BCUT2D eigenvalue weighted by molar-refractivity contribution is 6.31. The minimum Gasteiger partial charge on any atom is -0.507 e. The molecule has 46 heavy (non-hydrogen) atoms. The van der Waals surface area contributed by atoms with Crippen LogP contribution in [0.1, 0.15) is 89.6 Å². The Kier molecular flexibility index (Phi) is 8.64. The fourth-order valence-electron chi connectivity index (χ4n) is 6.32. The van der Waals surface area contributed by atoms with Crippen LogP contribution in [0.5, 0.6) is 17.2 Å². The van der Waals surface area contributed by atoms with Gasteiger partial charge >= 0.3 is 6.09 Å². The second-order valence-corrected chi connectivity index (χ2v) is 12.7. The maximum Gasteiger partial charge on any atom is 0.407 e. The molecule has 2 aliphatic carbocycles. The molecule has 6 N–H and O–H groups in total. The summed E-state index contributed by atoms with van der Waals surface area (Å²) in [5, 5.41) is 57.5. The van der Waals surface area contributed by atoms with Gasteiger partial charge in [-0.1, -0.05) is 12.1 Å². The first-order valence-corrected chi connectivity index (χ1v) is 14.7. The van der Waals surface area contributed by atoms with Gasteiger partial charge in [-0.3, -0.25) is 14.4 Å². The van der Waals surface area contributed by atoms with Crippen molar-refractivity contribution < 1.29 is 63.7 Å². The van der Waals surface area contributed by atoms with Gasteiger partial charge in [-0.2, -0.15) is 0 Å². The average molecular weight is 644 g/mol. The fourth-order valence-corrected chi connectivity index (χ4v) is 6.32. The number of hydrogen-bond acceptors (Lipinski definition) is 13. The van der Waals surface area contributed by atoms with E-state index in [2.05, 4.69) is 5.32 Å². The normalized spacial score (nSPS) is 27.3. The number of hydrogen-bond donors (Lipinski definition) is 6. The van der Waals surface area contributed by atoms with Gasteiger partial charge in [0.05, 0.1) is 42.0 Å². The van der Waals surface area contributed by atoms with Gasteiger partial charge < -0.3 is 49.8 Å². The van der Waals surface area contributed by atoms with E-state index in [0.29, 0.717) is 0 Å². The first kappa shape index (κ1) is 33.3. The highest BCUT2D eigenvalue weighted by atomic mass is 16.7. The molecule has 1 fully saturated rings. The van der Waals surface area contributed by atoms with Gasteiger partial charge in [-0.05, 0) is 33.8 Å². The van der Waals surface area contributed by atoms with Crippen molar-refractivity contribution >= 4 is 23.4 Å². The van der Waals surface area contributed by atoms with Gasteiger partial charge in [0.2, 0.25) is 5.78 Å². The summed E-state index contributed by atoms with van der Waals surface area (Å²) in [5.41, 5.74) is -4.78. The Hall–Kier alpha value is -4.08. The van der Waals surface area contributed by atoms with Crippen molar-refractivity contribution in [1.82, 2.24) is 5.32 Å². The Morgan fingerprint density at radius 1 is 1.09 bits per heavy atom. The van der Waals surface area contributed by atoms with Crippen LogP contribution in [-0.4, -0.2) is 98.4 Å². The van der Waals surface area contributed by atoms with Crippen LogP contribution in [0, 0.1) is 0 Å². The predicted molar refractivity (Wildman–Crippen MR) is 157 cm³/mol. The summed E-state index contributed by atoms with van der Waals surface area (Å²) in [6.45, 7) is 5.48. The average Bonchev–Trinajstić information content (AvgIpc) is 2.98. The zero-order chi connectivity index (χ0) is 33.9. The number of aliphatic hydroxyl groups is 3. The molecule has 1 aliphatic heterocycles. The second kappa shape index (κ2) is 11.9. The number of benzene rings is 2. The molecule has 0 spiro atoms. The molecule has 14 heteroatoms. The zero-order valence-corrected chi connectivity index (χ0v) is 25.9. The van der Waals surface area contributed by atoms with E-state index in [4.69, 9.17) is 18.9 Å². The number of carbonyl (C=O) groups excluding carboxylic acids is 4. The number of nitrogens with one attached hydrogen (secondary N) is 1. The molecule has 1 saturated heterocycles. The molecule has 1 heterocycles. The Balaban J connectivity index is 1.58. The van der Waals surface area contributed by atoms with Crippen LogP contribution >= 0.6 is 0 Å². The largest absolute Gasteiger partial charge is 0.507 e. The number of alkyl carbamates (subject to hydrolysis) is 1. The maximum absolute atomic E-state index is 13.8. The number of rotatable bonds is 6. The van der Waals surface area contributed by atoms with Crippen molar-refractivity contribution in [3.8, 4) is 17.2 Å². The summed E-state index contributed by atoms with van der Waals surface area (Å²) in [4.78, 5) is 52.7. The van der Waals surface area contributed by atoms with Crippen LogP contribution in [0.25, 0.3) is 0 Å². The minimum atomic E-state index is -2.32. The third kappa shape index (κ3) is 5.71. The number of phenolic OH excluding ortho intramolecular Hbond substituents is 2. The summed E-state index contributed by atoms with van der Waals surface area (Å²) in [6, 6.07) is 3.39. The number of Topliss-reactive ketones (excluding diaryl/α,β-unsaturated/α-hetero) is 1. The third-order valence-electron chi connectivity index (χ3n) is 8.46. The standard InChI is InChI=1S/C32H37NO13/c1-13-25(36)16(33-30(41)46-31(2,3)4)9-20(44-13)45-18-11-32(42,19(35)12-34)10-15-22(18)29(40)24-23(27(15)38)26(37)14-7-6-8-17(43-5)21(14)28(24)39/h6-8,13,16,18,20,25,34,36,38,40,42H,9-12H2,1-5H3,(H,33,41)/t13-,16-,18-,20-,25+,32-/m0/s1. The molecule has 0 bridgehead atoms. The molecule has 2 aromatic rings. The Bertz CT molecular complexity index is 1610. The molecule has 2 aromatic carbocycles. The van der Waals surface area contributed by atoms with E-state index in [1.807, 2.05) is 0 Å². The molecular formula is C32H37NO13.